The molecule has 2 aromatic carbocycles. The molecule has 0 aromatic heterocycles. The van der Waals surface area contributed by atoms with Crippen LogP contribution in [0.15, 0.2) is 41.4 Å². The van der Waals surface area contributed by atoms with Gasteiger partial charge in [-0.15, -0.1) is 24.0 Å². The number of rotatable bonds is 7. The molecule has 8 heteroatoms. The van der Waals surface area contributed by atoms with E-state index < -0.39 is 11.6 Å². The average molecular weight is 505 g/mol. The Labute approximate surface area is 181 Å². The first-order chi connectivity index (χ1) is 13.0. The van der Waals surface area contributed by atoms with Gasteiger partial charge in [0.2, 0.25) is 0 Å². The molecule has 0 saturated carbocycles. The number of ether oxygens (including phenoxy) is 1. The molecule has 5 nitrogen and oxygen atoms in total. The first kappa shape index (κ1) is 24.1. The predicted molar refractivity (Wildman–Crippen MR) is 117 cm³/mol. The quantitative estimate of drug-likeness (QED) is 0.343. The van der Waals surface area contributed by atoms with Crippen molar-refractivity contribution in [3.05, 3.63) is 64.7 Å². The van der Waals surface area contributed by atoms with Gasteiger partial charge in [0.15, 0.2) is 17.5 Å². The van der Waals surface area contributed by atoms with Crippen LogP contribution in [0.3, 0.4) is 0 Å². The van der Waals surface area contributed by atoms with E-state index in [2.05, 4.69) is 10.3 Å². The molecule has 0 bridgehead atoms. The van der Waals surface area contributed by atoms with Gasteiger partial charge >= 0.3 is 0 Å². The van der Waals surface area contributed by atoms with Crippen molar-refractivity contribution in [3.63, 3.8) is 0 Å². The molecule has 28 heavy (non-hydrogen) atoms. The van der Waals surface area contributed by atoms with Crippen molar-refractivity contribution in [3.8, 4) is 5.75 Å². The molecule has 0 spiro atoms. The van der Waals surface area contributed by atoms with E-state index in [4.69, 9.17) is 4.74 Å². The molecule has 2 aromatic rings. The monoisotopic (exact) mass is 505 g/mol. The summed E-state index contributed by atoms with van der Waals surface area (Å²) in [4.78, 5) is 6.43. The summed E-state index contributed by atoms with van der Waals surface area (Å²) in [5.74, 6) is 0.00513. The van der Waals surface area contributed by atoms with Crippen LogP contribution in [-0.2, 0) is 19.7 Å². The number of hydrogen-bond acceptors (Lipinski definition) is 3. The van der Waals surface area contributed by atoms with Crippen LogP contribution in [0.1, 0.15) is 23.6 Å². The summed E-state index contributed by atoms with van der Waals surface area (Å²) < 4.78 is 32.3. The molecule has 0 saturated heterocycles. The summed E-state index contributed by atoms with van der Waals surface area (Å²) in [6.45, 7) is 3.06. The molecule has 0 heterocycles. The predicted octanol–water partition coefficient (Wildman–Crippen LogP) is 3.68. The van der Waals surface area contributed by atoms with E-state index >= 15 is 0 Å². The Balaban J connectivity index is 0.00000392. The molecule has 154 valence electrons. The van der Waals surface area contributed by atoms with Crippen molar-refractivity contribution >= 4 is 29.9 Å². The fourth-order valence-corrected chi connectivity index (χ4v) is 2.64. The molecular formula is C20H26F2IN3O2. The zero-order chi connectivity index (χ0) is 19.8. The highest BCUT2D eigenvalue weighted by molar-refractivity contribution is 14.0. The highest BCUT2D eigenvalue weighted by atomic mass is 127. The molecular weight excluding hydrogens is 479 g/mol. The van der Waals surface area contributed by atoms with E-state index in [0.29, 0.717) is 25.6 Å². The second-order valence-electron chi connectivity index (χ2n) is 6.08. The summed E-state index contributed by atoms with van der Waals surface area (Å²) in [6, 6.07) is 9.40. The van der Waals surface area contributed by atoms with E-state index in [1.807, 2.05) is 18.9 Å². The van der Waals surface area contributed by atoms with E-state index in [9.17, 15) is 13.9 Å². The van der Waals surface area contributed by atoms with Crippen LogP contribution < -0.4 is 10.1 Å². The van der Waals surface area contributed by atoms with E-state index in [-0.39, 0.29) is 41.9 Å². The third-order valence-electron chi connectivity index (χ3n) is 4.02. The normalized spacial score (nSPS) is 11.0. The fraction of sp³-hybridized carbons (Fsp3) is 0.350. The summed E-state index contributed by atoms with van der Waals surface area (Å²) in [6.07, 6.45) is 0. The van der Waals surface area contributed by atoms with Gasteiger partial charge in [0.05, 0.1) is 20.3 Å². The molecule has 0 aliphatic carbocycles. The number of guanidine groups is 1. The molecule has 0 aliphatic rings. The number of halogens is 3. The summed E-state index contributed by atoms with van der Waals surface area (Å²) >= 11 is 0. The van der Waals surface area contributed by atoms with Crippen LogP contribution in [-0.4, -0.2) is 36.7 Å². The lowest BCUT2D eigenvalue weighted by Crippen LogP contribution is -2.38. The second-order valence-corrected chi connectivity index (χ2v) is 6.08. The summed E-state index contributed by atoms with van der Waals surface area (Å²) in [7, 11) is 3.28. The van der Waals surface area contributed by atoms with E-state index in [1.54, 1.807) is 24.3 Å². The molecule has 2 rings (SSSR count). The standard InChI is InChI=1S/C20H25F2N3O2.HI/c1-4-23-20(24-11-14-5-7-17(21)16(9-14)13-26)25(2)12-15-6-8-19(27-3)18(22)10-15;/h5-10,26H,4,11-13H2,1-3H3,(H,23,24);1H. The van der Waals surface area contributed by atoms with Crippen LogP contribution in [0.25, 0.3) is 0 Å². The van der Waals surface area contributed by atoms with Crippen molar-refractivity contribution in [1.82, 2.24) is 10.2 Å². The van der Waals surface area contributed by atoms with Crippen LogP contribution in [0, 0.1) is 11.6 Å². The van der Waals surface area contributed by atoms with Crippen molar-refractivity contribution in [2.45, 2.75) is 26.6 Å². The van der Waals surface area contributed by atoms with Gasteiger partial charge in [-0.05, 0) is 42.3 Å². The molecule has 0 fully saturated rings. The lowest BCUT2D eigenvalue weighted by Gasteiger charge is -2.22. The number of hydrogen-bond donors (Lipinski definition) is 2. The maximum absolute atomic E-state index is 13.9. The number of benzene rings is 2. The van der Waals surface area contributed by atoms with Gasteiger partial charge < -0.3 is 20.1 Å². The van der Waals surface area contributed by atoms with Crippen molar-refractivity contribution in [2.75, 3.05) is 20.7 Å². The van der Waals surface area contributed by atoms with Crippen molar-refractivity contribution < 1.29 is 18.6 Å². The van der Waals surface area contributed by atoms with Crippen molar-refractivity contribution in [2.24, 2.45) is 4.99 Å². The molecule has 0 amide bonds. The van der Waals surface area contributed by atoms with Crippen molar-refractivity contribution in [1.29, 1.82) is 0 Å². The molecule has 0 aliphatic heterocycles. The molecule has 0 atom stereocenters. The smallest absolute Gasteiger partial charge is 0.194 e. The number of nitrogens with one attached hydrogen (secondary N) is 1. The number of aliphatic hydroxyl groups excluding tert-OH is 1. The largest absolute Gasteiger partial charge is 0.494 e. The van der Waals surface area contributed by atoms with Gasteiger partial charge in [0.1, 0.15) is 5.82 Å². The van der Waals surface area contributed by atoms with Gasteiger partial charge in [-0.2, -0.15) is 0 Å². The van der Waals surface area contributed by atoms with Gasteiger partial charge in [0, 0.05) is 25.7 Å². The van der Waals surface area contributed by atoms with Gasteiger partial charge in [-0.3, -0.25) is 0 Å². The zero-order valence-electron chi connectivity index (χ0n) is 16.2. The number of aliphatic imine (C=N–C) groups is 1. The minimum Gasteiger partial charge on any atom is -0.494 e. The van der Waals surface area contributed by atoms with Crippen LogP contribution in [0.2, 0.25) is 0 Å². The number of aliphatic hydroxyl groups is 1. The number of nitrogens with zero attached hydrogens (tertiary/aromatic N) is 2. The Morgan fingerprint density at radius 2 is 1.86 bits per heavy atom. The minimum absolute atomic E-state index is 0. The zero-order valence-corrected chi connectivity index (χ0v) is 18.5. The molecule has 0 radical (unpaired) electrons. The average Bonchev–Trinajstić information content (AvgIpc) is 2.66. The first-order valence-corrected chi connectivity index (χ1v) is 8.68. The maximum Gasteiger partial charge on any atom is 0.194 e. The van der Waals surface area contributed by atoms with E-state index in [1.165, 1.54) is 19.2 Å². The Morgan fingerprint density at radius 3 is 2.46 bits per heavy atom. The third-order valence-corrected chi connectivity index (χ3v) is 4.02. The van der Waals surface area contributed by atoms with Gasteiger partial charge in [0.25, 0.3) is 0 Å². The topological polar surface area (TPSA) is 57.1 Å². The van der Waals surface area contributed by atoms with Crippen LogP contribution in [0.5, 0.6) is 5.75 Å². The Bertz CT molecular complexity index is 803. The molecule has 0 unspecified atom stereocenters. The highest BCUT2D eigenvalue weighted by Crippen LogP contribution is 2.18. The summed E-state index contributed by atoms with van der Waals surface area (Å²) in [5, 5.41) is 12.4. The Kier molecular flexibility index (Phi) is 10.2. The number of methoxy groups -OCH3 is 1. The Morgan fingerprint density at radius 1 is 1.14 bits per heavy atom. The summed E-state index contributed by atoms with van der Waals surface area (Å²) in [5.41, 5.74) is 1.82. The molecule has 2 N–H and O–H groups in total. The minimum atomic E-state index is -0.434. The van der Waals surface area contributed by atoms with Crippen LogP contribution >= 0.6 is 24.0 Å². The maximum atomic E-state index is 13.9. The second kappa shape index (κ2) is 11.8. The van der Waals surface area contributed by atoms with Crippen LogP contribution in [0.4, 0.5) is 8.78 Å². The Hall–Kier alpha value is -1.94. The fourth-order valence-electron chi connectivity index (χ4n) is 2.64. The van der Waals surface area contributed by atoms with Gasteiger partial charge in [-0.25, -0.2) is 13.8 Å². The third kappa shape index (κ3) is 6.59. The first-order valence-electron chi connectivity index (χ1n) is 8.68. The lowest BCUT2D eigenvalue weighted by molar-refractivity contribution is 0.275. The SMILES string of the molecule is CCNC(=NCc1ccc(F)c(CO)c1)N(C)Cc1ccc(OC)c(F)c1.I. The van der Waals surface area contributed by atoms with E-state index in [0.717, 1.165) is 11.1 Å². The van der Waals surface area contributed by atoms with Gasteiger partial charge in [-0.1, -0.05) is 12.1 Å². The lowest BCUT2D eigenvalue weighted by atomic mass is 10.1. The highest BCUT2D eigenvalue weighted by Gasteiger charge is 2.10.